The average Bonchev–Trinajstić information content (AvgIpc) is 3.08. The Labute approximate surface area is 182 Å². The lowest BCUT2D eigenvalue weighted by atomic mass is 9.98. The summed E-state index contributed by atoms with van der Waals surface area (Å²) in [5.41, 5.74) is 1.49. The molecule has 1 aliphatic heterocycles. The lowest BCUT2D eigenvalue weighted by molar-refractivity contribution is 0.0970. The first-order chi connectivity index (χ1) is 15.5. The molecule has 0 spiro atoms. The standard InChI is InChI=1S/C25H19FN2O4/c1-3-31-17-7-4-15(5-8-17)22-21-23(29)18-13-16(26)6-9-19(18)32-24(21)25(30)28(22)20-12-14(2)10-11-27-20/h4-13,22H,3H2,1-2H3. The smallest absolute Gasteiger partial charge is 0.296 e. The highest BCUT2D eigenvalue weighted by molar-refractivity contribution is 6.10. The Bertz CT molecular complexity index is 1410. The van der Waals surface area contributed by atoms with Crippen LogP contribution in [-0.2, 0) is 0 Å². The maximum atomic E-state index is 13.9. The topological polar surface area (TPSA) is 72.6 Å². The van der Waals surface area contributed by atoms with Crippen molar-refractivity contribution in [3.05, 3.63) is 99.3 Å². The first kappa shape index (κ1) is 19.9. The van der Waals surface area contributed by atoms with Gasteiger partial charge in [-0.25, -0.2) is 9.37 Å². The van der Waals surface area contributed by atoms with Crippen LogP contribution in [0, 0.1) is 12.7 Å². The van der Waals surface area contributed by atoms with Crippen molar-refractivity contribution in [3.63, 3.8) is 0 Å². The molecule has 2 aromatic heterocycles. The summed E-state index contributed by atoms with van der Waals surface area (Å²) in [4.78, 5) is 32.8. The summed E-state index contributed by atoms with van der Waals surface area (Å²) >= 11 is 0. The highest BCUT2D eigenvalue weighted by Gasteiger charge is 2.44. The van der Waals surface area contributed by atoms with E-state index in [-0.39, 0.29) is 22.3 Å². The van der Waals surface area contributed by atoms with Crippen molar-refractivity contribution in [1.82, 2.24) is 4.98 Å². The predicted molar refractivity (Wildman–Crippen MR) is 118 cm³/mol. The summed E-state index contributed by atoms with van der Waals surface area (Å²) in [6.07, 6.45) is 1.61. The van der Waals surface area contributed by atoms with E-state index in [1.54, 1.807) is 36.5 Å². The first-order valence-corrected chi connectivity index (χ1v) is 10.2. The van der Waals surface area contributed by atoms with Crippen LogP contribution in [-0.4, -0.2) is 17.5 Å². The number of hydrogen-bond acceptors (Lipinski definition) is 5. The molecule has 1 unspecified atom stereocenters. The summed E-state index contributed by atoms with van der Waals surface area (Å²) in [7, 11) is 0. The van der Waals surface area contributed by atoms with Gasteiger partial charge < -0.3 is 9.15 Å². The Morgan fingerprint density at radius 3 is 2.59 bits per heavy atom. The maximum Gasteiger partial charge on any atom is 0.296 e. The molecule has 0 radical (unpaired) electrons. The number of anilines is 1. The first-order valence-electron chi connectivity index (χ1n) is 10.2. The van der Waals surface area contributed by atoms with E-state index in [1.807, 2.05) is 19.9 Å². The molecule has 1 aliphatic rings. The molecule has 0 aliphatic carbocycles. The van der Waals surface area contributed by atoms with Gasteiger partial charge in [0.05, 0.1) is 23.6 Å². The van der Waals surface area contributed by atoms with Crippen LogP contribution in [0.2, 0.25) is 0 Å². The monoisotopic (exact) mass is 430 g/mol. The molecule has 1 atom stereocenters. The van der Waals surface area contributed by atoms with Gasteiger partial charge in [-0.15, -0.1) is 0 Å². The van der Waals surface area contributed by atoms with Gasteiger partial charge in [-0.1, -0.05) is 12.1 Å². The molecule has 0 saturated carbocycles. The molecule has 7 heteroatoms. The molecular formula is C25H19FN2O4. The Balaban J connectivity index is 1.77. The van der Waals surface area contributed by atoms with Crippen LogP contribution in [0.5, 0.6) is 5.75 Å². The molecule has 2 aromatic carbocycles. The van der Waals surface area contributed by atoms with Crippen molar-refractivity contribution in [2.75, 3.05) is 11.5 Å². The third kappa shape index (κ3) is 3.13. The molecular weight excluding hydrogens is 411 g/mol. The number of halogens is 1. The number of hydrogen-bond donors (Lipinski definition) is 0. The molecule has 0 fully saturated rings. The number of amides is 1. The summed E-state index contributed by atoms with van der Waals surface area (Å²) in [6.45, 7) is 4.30. The lowest BCUT2D eigenvalue weighted by Gasteiger charge is -2.24. The third-order valence-electron chi connectivity index (χ3n) is 5.49. The van der Waals surface area contributed by atoms with Crippen LogP contribution in [0.15, 0.2) is 70.0 Å². The molecule has 5 rings (SSSR count). The molecule has 1 amide bonds. The Hall–Kier alpha value is -4.00. The number of aromatic nitrogens is 1. The van der Waals surface area contributed by atoms with Gasteiger partial charge in [0.25, 0.3) is 5.91 Å². The summed E-state index contributed by atoms with van der Waals surface area (Å²) in [6, 6.07) is 13.7. The summed E-state index contributed by atoms with van der Waals surface area (Å²) < 4.78 is 25.2. The molecule has 6 nitrogen and oxygen atoms in total. The van der Waals surface area contributed by atoms with E-state index >= 15 is 0 Å². The SMILES string of the molecule is CCOc1ccc(C2c3c(oc4ccc(F)cc4c3=O)C(=O)N2c2cc(C)ccn2)cc1. The number of carbonyl (C=O) groups excluding carboxylic acids is 1. The highest BCUT2D eigenvalue weighted by Crippen LogP contribution is 2.41. The quantitative estimate of drug-likeness (QED) is 0.466. The van der Waals surface area contributed by atoms with Gasteiger partial charge in [0.1, 0.15) is 23.0 Å². The van der Waals surface area contributed by atoms with E-state index in [1.165, 1.54) is 17.0 Å². The maximum absolute atomic E-state index is 13.9. The van der Waals surface area contributed by atoms with Crippen LogP contribution in [0.25, 0.3) is 11.0 Å². The van der Waals surface area contributed by atoms with Crippen molar-refractivity contribution < 1.29 is 18.3 Å². The van der Waals surface area contributed by atoms with Crippen LogP contribution in [0.3, 0.4) is 0 Å². The fourth-order valence-electron chi connectivity index (χ4n) is 4.06. The highest BCUT2D eigenvalue weighted by atomic mass is 19.1. The second-order valence-electron chi connectivity index (χ2n) is 7.59. The van der Waals surface area contributed by atoms with Gasteiger partial charge in [0, 0.05) is 6.20 Å². The van der Waals surface area contributed by atoms with Gasteiger partial charge in [-0.3, -0.25) is 14.5 Å². The minimum absolute atomic E-state index is 0.0590. The van der Waals surface area contributed by atoms with E-state index in [0.29, 0.717) is 23.7 Å². The van der Waals surface area contributed by atoms with Crippen molar-refractivity contribution in [2.45, 2.75) is 19.9 Å². The van der Waals surface area contributed by atoms with E-state index in [9.17, 15) is 14.0 Å². The van der Waals surface area contributed by atoms with Gasteiger partial charge in [0.15, 0.2) is 5.43 Å². The largest absolute Gasteiger partial charge is 0.494 e. The molecule has 0 N–H and O–H groups in total. The van der Waals surface area contributed by atoms with Gasteiger partial charge in [-0.2, -0.15) is 0 Å². The van der Waals surface area contributed by atoms with Crippen LogP contribution in [0.1, 0.15) is 40.2 Å². The van der Waals surface area contributed by atoms with Gasteiger partial charge in [-0.05, 0) is 67.4 Å². The normalized spacial score (nSPS) is 15.3. The zero-order valence-electron chi connectivity index (χ0n) is 17.5. The zero-order valence-corrected chi connectivity index (χ0v) is 17.5. The number of nitrogens with zero attached hydrogens (tertiary/aromatic N) is 2. The van der Waals surface area contributed by atoms with Crippen molar-refractivity contribution >= 4 is 22.7 Å². The van der Waals surface area contributed by atoms with Crippen LogP contribution < -0.4 is 15.1 Å². The number of aryl methyl sites for hydroxylation is 1. The molecule has 0 bridgehead atoms. The number of ether oxygens (including phenoxy) is 1. The van der Waals surface area contributed by atoms with E-state index in [4.69, 9.17) is 9.15 Å². The van der Waals surface area contributed by atoms with Gasteiger partial charge >= 0.3 is 0 Å². The van der Waals surface area contributed by atoms with Gasteiger partial charge in [0.2, 0.25) is 5.76 Å². The summed E-state index contributed by atoms with van der Waals surface area (Å²) in [5.74, 6) is -0.0101. The second-order valence-corrected chi connectivity index (χ2v) is 7.59. The lowest BCUT2D eigenvalue weighted by Crippen LogP contribution is -2.30. The molecule has 160 valence electrons. The zero-order chi connectivity index (χ0) is 22.4. The second kappa shape index (κ2) is 7.60. The average molecular weight is 430 g/mol. The Morgan fingerprint density at radius 2 is 1.88 bits per heavy atom. The fourth-order valence-corrected chi connectivity index (χ4v) is 4.06. The van der Waals surface area contributed by atoms with Crippen LogP contribution >= 0.6 is 0 Å². The van der Waals surface area contributed by atoms with Crippen LogP contribution in [0.4, 0.5) is 10.2 Å². The minimum atomic E-state index is -0.772. The Morgan fingerprint density at radius 1 is 1.09 bits per heavy atom. The van der Waals surface area contributed by atoms with Crippen molar-refractivity contribution in [3.8, 4) is 5.75 Å². The summed E-state index contributed by atoms with van der Waals surface area (Å²) in [5, 5.41) is 0.0894. The number of pyridine rings is 1. The Kier molecular flexibility index (Phi) is 4.74. The van der Waals surface area contributed by atoms with Crippen molar-refractivity contribution in [2.24, 2.45) is 0 Å². The minimum Gasteiger partial charge on any atom is -0.494 e. The van der Waals surface area contributed by atoms with E-state index in [2.05, 4.69) is 4.98 Å². The fraction of sp³-hybridized carbons (Fsp3) is 0.160. The number of carbonyl (C=O) groups is 1. The van der Waals surface area contributed by atoms with E-state index in [0.717, 1.165) is 11.6 Å². The number of rotatable bonds is 4. The molecule has 4 aromatic rings. The van der Waals surface area contributed by atoms with E-state index < -0.39 is 23.2 Å². The molecule has 32 heavy (non-hydrogen) atoms. The number of fused-ring (bicyclic) bond motifs is 2. The van der Waals surface area contributed by atoms with Crippen molar-refractivity contribution in [1.29, 1.82) is 0 Å². The predicted octanol–water partition coefficient (Wildman–Crippen LogP) is 4.78. The third-order valence-corrected chi connectivity index (χ3v) is 5.49. The molecule has 0 saturated heterocycles. The molecule has 3 heterocycles. The number of benzene rings is 2.